The van der Waals surface area contributed by atoms with Crippen LogP contribution in [0.1, 0.15) is 37.7 Å². The van der Waals surface area contributed by atoms with Gasteiger partial charge in [0.1, 0.15) is 5.69 Å². The van der Waals surface area contributed by atoms with Crippen molar-refractivity contribution in [2.45, 2.75) is 50.3 Å². The Kier molecular flexibility index (Phi) is 5.92. The fraction of sp³-hybridized carbons (Fsp3) is 0.350. The summed E-state index contributed by atoms with van der Waals surface area (Å²) >= 11 is 0. The molecule has 0 unspecified atom stereocenters. The summed E-state index contributed by atoms with van der Waals surface area (Å²) in [5.41, 5.74) is 6.70. The predicted octanol–water partition coefficient (Wildman–Crippen LogP) is 3.10. The van der Waals surface area contributed by atoms with Crippen molar-refractivity contribution in [1.29, 1.82) is 0 Å². The molecular formula is C20H30N6O4S. The zero-order valence-corrected chi connectivity index (χ0v) is 18.7. The summed E-state index contributed by atoms with van der Waals surface area (Å²) in [6.45, 7) is 8.11. The minimum atomic E-state index is -3.36. The van der Waals surface area contributed by atoms with E-state index >= 15 is 0 Å². The molecule has 10 nitrogen and oxygen atoms in total. The van der Waals surface area contributed by atoms with Crippen LogP contribution in [0, 0.1) is 6.92 Å². The van der Waals surface area contributed by atoms with Gasteiger partial charge in [-0.25, -0.2) is 13.4 Å². The Bertz CT molecular complexity index is 1230. The van der Waals surface area contributed by atoms with Gasteiger partial charge in [-0.15, -0.1) is 5.10 Å². The maximum atomic E-state index is 12.3. The molecule has 0 atom stereocenters. The fourth-order valence-corrected chi connectivity index (χ4v) is 3.57. The predicted molar refractivity (Wildman–Crippen MR) is 121 cm³/mol. The molecular weight excluding hydrogens is 420 g/mol. The number of nitrogens with zero attached hydrogens (tertiary/aromatic N) is 4. The van der Waals surface area contributed by atoms with Crippen LogP contribution in [0.3, 0.4) is 0 Å². The van der Waals surface area contributed by atoms with Gasteiger partial charge in [-0.1, -0.05) is 17.2 Å². The van der Waals surface area contributed by atoms with Crippen molar-refractivity contribution in [2.75, 3.05) is 5.32 Å². The molecule has 2 heterocycles. The lowest BCUT2D eigenvalue weighted by Gasteiger charge is -2.15. The third-order valence-electron chi connectivity index (χ3n) is 4.49. The van der Waals surface area contributed by atoms with Crippen LogP contribution in [0.4, 0.5) is 6.01 Å². The van der Waals surface area contributed by atoms with Crippen LogP contribution in [0.25, 0.3) is 22.8 Å². The van der Waals surface area contributed by atoms with Gasteiger partial charge in [0.15, 0.2) is 9.84 Å². The minimum Gasteiger partial charge on any atom is -0.401 e. The Morgan fingerprint density at radius 2 is 1.84 bits per heavy atom. The lowest BCUT2D eigenvalue weighted by Crippen LogP contribution is -2.45. The number of aromatic nitrogens is 4. The van der Waals surface area contributed by atoms with E-state index in [0.29, 0.717) is 22.6 Å². The Balaban J connectivity index is 0.00000363. The molecule has 0 saturated carbocycles. The van der Waals surface area contributed by atoms with E-state index in [-0.39, 0.29) is 21.1 Å². The van der Waals surface area contributed by atoms with Gasteiger partial charge in [0.25, 0.3) is 5.89 Å². The Morgan fingerprint density at radius 3 is 2.42 bits per heavy atom. The molecule has 0 aliphatic carbocycles. The lowest BCUT2D eigenvalue weighted by atomic mass is 10.1. The molecule has 0 aliphatic heterocycles. The second-order valence-electron chi connectivity index (χ2n) is 7.90. The first-order chi connectivity index (χ1) is 14.4. The maximum Gasteiger partial charge on any atom is 0.322 e. The maximum absolute atomic E-state index is 12.3. The van der Waals surface area contributed by atoms with Crippen LogP contribution in [0.2, 0.25) is 0 Å². The monoisotopic (exact) mass is 450 g/mol. The summed E-state index contributed by atoms with van der Waals surface area (Å²) in [5.74, 6) is -0.397. The molecule has 0 fully saturated rings. The molecule has 3 aromatic rings. The van der Waals surface area contributed by atoms with Gasteiger partial charge in [-0.2, -0.15) is 0 Å². The first-order valence-corrected chi connectivity index (χ1v) is 11.1. The molecule has 0 radical (unpaired) electrons. The number of carbonyl (C=O) groups is 1. The highest BCUT2D eigenvalue weighted by molar-refractivity contribution is 7.92. The first-order valence-electron chi connectivity index (χ1n) is 9.52. The van der Waals surface area contributed by atoms with Crippen molar-refractivity contribution >= 4 is 21.8 Å². The average molecular weight is 451 g/mol. The van der Waals surface area contributed by atoms with Crippen LogP contribution in [-0.2, 0) is 14.6 Å². The average Bonchev–Trinajstić information content (AvgIpc) is 3.16. The van der Waals surface area contributed by atoms with E-state index in [1.165, 1.54) is 0 Å². The topological polar surface area (TPSA) is 154 Å². The summed E-state index contributed by atoms with van der Waals surface area (Å²) < 4.78 is 30.1. The fourth-order valence-electron chi connectivity index (χ4n) is 2.51. The molecule has 31 heavy (non-hydrogen) atoms. The van der Waals surface area contributed by atoms with Crippen molar-refractivity contribution in [3.63, 3.8) is 0 Å². The number of hydrogen-bond acceptors (Lipinski definition) is 9. The quantitative estimate of drug-likeness (QED) is 0.576. The molecule has 1 aromatic carbocycles. The zero-order valence-electron chi connectivity index (χ0n) is 17.9. The van der Waals surface area contributed by atoms with E-state index in [9.17, 15) is 13.2 Å². The van der Waals surface area contributed by atoms with Gasteiger partial charge in [-0.3, -0.25) is 15.1 Å². The minimum absolute atomic E-state index is 0. The largest absolute Gasteiger partial charge is 0.401 e. The molecule has 0 spiro atoms. The highest BCUT2D eigenvalue weighted by Gasteiger charge is 2.24. The van der Waals surface area contributed by atoms with Crippen LogP contribution < -0.4 is 11.1 Å². The van der Waals surface area contributed by atoms with Crippen LogP contribution in [0.15, 0.2) is 39.8 Å². The van der Waals surface area contributed by atoms with Crippen molar-refractivity contribution in [3.05, 3.63) is 36.2 Å². The molecule has 11 heteroatoms. The van der Waals surface area contributed by atoms with Crippen molar-refractivity contribution in [3.8, 4) is 22.8 Å². The molecule has 0 bridgehead atoms. The van der Waals surface area contributed by atoms with Crippen LogP contribution in [-0.4, -0.2) is 45.3 Å². The van der Waals surface area contributed by atoms with Crippen molar-refractivity contribution in [1.82, 2.24) is 20.2 Å². The zero-order chi connectivity index (χ0) is 23.0. The van der Waals surface area contributed by atoms with Gasteiger partial charge in [0.2, 0.25) is 5.91 Å². The van der Waals surface area contributed by atoms with Crippen molar-refractivity contribution < 1.29 is 21.9 Å². The highest BCUT2D eigenvalue weighted by Crippen LogP contribution is 2.26. The molecule has 3 N–H and O–H groups in total. The highest BCUT2D eigenvalue weighted by atomic mass is 32.2. The van der Waals surface area contributed by atoms with Gasteiger partial charge >= 0.3 is 6.01 Å². The summed E-state index contributed by atoms with van der Waals surface area (Å²) in [5, 5.41) is 9.68. The molecule has 0 aliphatic rings. The standard InChI is InChI=1S/C20H24N6O4S.3H2/c1-11(2)31(28,29)14-8-6-13(7-9-14)15-10-22-12(3)16(23-15)17-25-26-19(30-17)24-18(27)20(4,5)21;;;/h6-11H,21H2,1-5H3,(H,24,26,27);3*1H. The number of nitrogens with one attached hydrogen (secondary N) is 1. The number of carbonyl (C=O) groups excluding carboxylic acids is 1. The molecule has 0 saturated heterocycles. The molecule has 2 aromatic heterocycles. The van der Waals surface area contributed by atoms with Gasteiger partial charge in [0, 0.05) is 9.84 Å². The van der Waals surface area contributed by atoms with Gasteiger partial charge in [-0.05, 0) is 46.8 Å². The number of hydrogen-bond donors (Lipinski definition) is 2. The third-order valence-corrected chi connectivity index (χ3v) is 6.66. The lowest BCUT2D eigenvalue weighted by molar-refractivity contribution is -0.120. The van der Waals surface area contributed by atoms with Gasteiger partial charge < -0.3 is 10.2 Å². The van der Waals surface area contributed by atoms with E-state index in [4.69, 9.17) is 10.2 Å². The normalized spacial score (nSPS) is 12.2. The smallest absolute Gasteiger partial charge is 0.322 e. The Morgan fingerprint density at radius 1 is 1.19 bits per heavy atom. The second-order valence-corrected chi connectivity index (χ2v) is 10.4. The summed E-state index contributed by atoms with van der Waals surface area (Å²) in [6, 6.07) is 6.32. The third kappa shape index (κ3) is 4.78. The van der Waals surface area contributed by atoms with Crippen LogP contribution >= 0.6 is 0 Å². The van der Waals surface area contributed by atoms with Crippen LogP contribution in [0.5, 0.6) is 0 Å². The number of sulfone groups is 1. The summed E-state index contributed by atoms with van der Waals surface area (Å²) in [4.78, 5) is 21.1. The molecule has 3 rings (SSSR count). The van der Waals surface area contributed by atoms with E-state index in [2.05, 4.69) is 25.5 Å². The van der Waals surface area contributed by atoms with E-state index in [1.54, 1.807) is 65.1 Å². The summed E-state index contributed by atoms with van der Waals surface area (Å²) in [7, 11) is -3.36. The number of nitrogens with two attached hydrogens (primary N) is 1. The number of aryl methyl sites for hydroxylation is 1. The Labute approximate surface area is 184 Å². The van der Waals surface area contributed by atoms with E-state index in [0.717, 1.165) is 0 Å². The number of anilines is 1. The second kappa shape index (κ2) is 8.16. The van der Waals surface area contributed by atoms with Crippen molar-refractivity contribution in [2.24, 2.45) is 5.73 Å². The first kappa shape index (κ1) is 22.5. The van der Waals surface area contributed by atoms with E-state index in [1.807, 2.05) is 0 Å². The summed E-state index contributed by atoms with van der Waals surface area (Å²) in [6.07, 6.45) is 1.57. The number of benzene rings is 1. The van der Waals surface area contributed by atoms with E-state index < -0.39 is 26.5 Å². The molecule has 170 valence electrons. The Hall–Kier alpha value is -3.18. The molecule has 1 amide bonds. The van der Waals surface area contributed by atoms with Gasteiger partial charge in [0.05, 0.1) is 33.3 Å². The number of amides is 1. The SMILES string of the molecule is Cc1ncc(-c2ccc(S(=O)(=O)C(C)C)cc2)nc1-c1nnc(NC(=O)C(C)(C)N)o1.[HH].[HH].[HH]. The number of rotatable bonds is 6.